The minimum Gasteiger partial charge on any atom is -0.543 e. The van der Waals surface area contributed by atoms with Gasteiger partial charge in [-0.15, -0.1) is 11.8 Å². The molecule has 0 saturated carbocycles. The van der Waals surface area contributed by atoms with Gasteiger partial charge in [0.15, 0.2) is 5.75 Å². The Kier molecular flexibility index (Phi) is 6.75. The van der Waals surface area contributed by atoms with Crippen LogP contribution in [0.4, 0.5) is 5.69 Å². The number of ether oxygens (including phenoxy) is 1. The second-order valence-electron chi connectivity index (χ2n) is 5.89. The zero-order valence-electron chi connectivity index (χ0n) is 15.3. The van der Waals surface area contributed by atoms with Gasteiger partial charge in [-0.25, -0.2) is 0 Å². The van der Waals surface area contributed by atoms with E-state index < -0.39 is 39.8 Å². The molecular weight excluding hydrogens is 401 g/mol. The summed E-state index contributed by atoms with van der Waals surface area (Å²) in [7, 11) is 1.24. The Morgan fingerprint density at radius 3 is 2.64 bits per heavy atom. The van der Waals surface area contributed by atoms with E-state index in [4.69, 9.17) is 4.74 Å². The van der Waals surface area contributed by atoms with Crippen molar-refractivity contribution in [1.82, 2.24) is 10.2 Å². The number of aliphatic carboxylic acids is 1. The van der Waals surface area contributed by atoms with Crippen molar-refractivity contribution in [2.75, 3.05) is 12.9 Å². The number of hydrogen-bond acceptors (Lipinski definition) is 8. The third-order valence-electron chi connectivity index (χ3n) is 4.28. The largest absolute Gasteiger partial charge is 1.00 e. The van der Waals surface area contributed by atoms with Crippen LogP contribution in [-0.4, -0.2) is 51.9 Å². The topological polar surface area (TPSA) is 142 Å². The van der Waals surface area contributed by atoms with Crippen molar-refractivity contribution >= 4 is 35.2 Å². The van der Waals surface area contributed by atoms with Crippen molar-refractivity contribution < 1.29 is 58.7 Å². The van der Waals surface area contributed by atoms with Gasteiger partial charge in [-0.2, -0.15) is 0 Å². The van der Waals surface area contributed by atoms with E-state index in [0.717, 1.165) is 4.90 Å². The molecule has 142 valence electrons. The molecule has 2 atom stereocenters. The average molecular weight is 415 g/mol. The van der Waals surface area contributed by atoms with E-state index in [0.29, 0.717) is 11.3 Å². The fourth-order valence-electron chi connectivity index (χ4n) is 3.04. The van der Waals surface area contributed by atoms with Gasteiger partial charge < -0.3 is 20.0 Å². The van der Waals surface area contributed by atoms with Crippen molar-refractivity contribution in [3.8, 4) is 5.75 Å². The first-order valence-corrected chi connectivity index (χ1v) is 8.80. The number of β-lactam (4-membered cyclic amide) rings is 1. The van der Waals surface area contributed by atoms with Crippen molar-refractivity contribution in [3.05, 3.63) is 45.1 Å². The number of fused-ring (bicyclic) bond motifs is 1. The van der Waals surface area contributed by atoms with Crippen molar-refractivity contribution in [2.45, 2.75) is 18.3 Å². The second-order valence-corrected chi connectivity index (χ2v) is 7.00. The molecule has 0 spiro atoms. The third kappa shape index (κ3) is 3.62. The number of nitro benzene ring substituents is 1. The number of nitro groups is 1. The summed E-state index contributed by atoms with van der Waals surface area (Å²) in [6, 6.07) is 3.03. The molecule has 2 aliphatic heterocycles. The van der Waals surface area contributed by atoms with Gasteiger partial charge in [-0.05, 0) is 24.6 Å². The maximum atomic E-state index is 12.5. The normalized spacial score (nSPS) is 20.5. The first-order valence-electron chi connectivity index (χ1n) is 7.76. The van der Waals surface area contributed by atoms with Gasteiger partial charge in [0.25, 0.3) is 11.8 Å². The number of carbonyl (C=O) groups is 3. The van der Waals surface area contributed by atoms with Gasteiger partial charge in [0.2, 0.25) is 0 Å². The van der Waals surface area contributed by atoms with Crippen LogP contribution in [-0.2, 0) is 9.59 Å². The van der Waals surface area contributed by atoms with E-state index >= 15 is 0 Å². The molecule has 1 aromatic carbocycles. The number of benzene rings is 1. The van der Waals surface area contributed by atoms with Gasteiger partial charge in [-0.3, -0.25) is 24.6 Å². The number of thioether (sulfide) groups is 1. The number of carboxylic acid groups (broad SMARTS) is 1. The molecule has 1 fully saturated rings. The Morgan fingerprint density at radius 2 is 2.07 bits per heavy atom. The number of para-hydroxylation sites is 1. The van der Waals surface area contributed by atoms with Crippen LogP contribution in [0.1, 0.15) is 17.3 Å². The fraction of sp³-hybridized carbons (Fsp3) is 0.312. The Bertz CT molecular complexity index is 904. The summed E-state index contributed by atoms with van der Waals surface area (Å²) in [6.07, 6.45) is 0. The molecule has 28 heavy (non-hydrogen) atoms. The first-order chi connectivity index (χ1) is 12.8. The Hall–Kier alpha value is -2.08. The van der Waals surface area contributed by atoms with Crippen LogP contribution in [0.2, 0.25) is 0 Å². The van der Waals surface area contributed by atoms with Crippen molar-refractivity contribution in [2.24, 2.45) is 0 Å². The third-order valence-corrected chi connectivity index (χ3v) is 5.71. The smallest absolute Gasteiger partial charge is 0.543 e. The summed E-state index contributed by atoms with van der Waals surface area (Å²) in [5.41, 5.74) is -0.457. The number of carboxylic acids is 1. The van der Waals surface area contributed by atoms with Crippen LogP contribution >= 0.6 is 11.8 Å². The van der Waals surface area contributed by atoms with E-state index in [-0.39, 0.29) is 46.6 Å². The minimum atomic E-state index is -1.46. The van der Waals surface area contributed by atoms with E-state index in [1.807, 2.05) is 0 Å². The molecule has 0 radical (unpaired) electrons. The van der Waals surface area contributed by atoms with E-state index in [2.05, 4.69) is 5.32 Å². The summed E-state index contributed by atoms with van der Waals surface area (Å²) >= 11 is 1.29. The SMILES string of the molecule is COc1cccc(C(=O)N[C@@H]2C(=O)N3C(C(=O)[O-])=C(C)CS[C@H]23)c1[N+](=O)[O-].[Na+]. The molecule has 10 nitrogen and oxygen atoms in total. The number of nitrogens with zero attached hydrogens (tertiary/aromatic N) is 2. The second kappa shape index (κ2) is 8.52. The molecule has 0 bridgehead atoms. The molecule has 2 amide bonds. The maximum absolute atomic E-state index is 12.5. The number of carbonyl (C=O) groups excluding carboxylic acids is 3. The van der Waals surface area contributed by atoms with Crippen LogP contribution in [0.5, 0.6) is 5.75 Å². The zero-order chi connectivity index (χ0) is 19.9. The zero-order valence-corrected chi connectivity index (χ0v) is 18.1. The molecule has 12 heteroatoms. The monoisotopic (exact) mass is 415 g/mol. The summed E-state index contributed by atoms with van der Waals surface area (Å²) in [5.74, 6) is -2.60. The summed E-state index contributed by atoms with van der Waals surface area (Å²) in [5, 5.41) is 24.4. The van der Waals surface area contributed by atoms with Crippen LogP contribution in [0.25, 0.3) is 0 Å². The first kappa shape index (κ1) is 22.2. The van der Waals surface area contributed by atoms with Crippen LogP contribution in [0.3, 0.4) is 0 Å². The van der Waals surface area contributed by atoms with Crippen molar-refractivity contribution in [1.29, 1.82) is 0 Å². The number of amides is 2. The molecule has 2 aliphatic rings. The number of nitrogens with one attached hydrogen (secondary N) is 1. The Labute approximate surface area is 185 Å². The van der Waals surface area contributed by atoms with Gasteiger partial charge in [0.1, 0.15) is 17.0 Å². The number of methoxy groups -OCH3 is 1. The molecule has 0 aromatic heterocycles. The average Bonchev–Trinajstić information content (AvgIpc) is 2.64. The fourth-order valence-corrected chi connectivity index (χ4v) is 4.33. The van der Waals surface area contributed by atoms with Crippen molar-refractivity contribution in [3.63, 3.8) is 0 Å². The van der Waals surface area contributed by atoms with Crippen LogP contribution in [0, 0.1) is 10.1 Å². The molecule has 2 heterocycles. The predicted octanol–water partition coefficient (Wildman–Crippen LogP) is -3.36. The minimum absolute atomic E-state index is 0. The van der Waals surface area contributed by atoms with E-state index in [1.54, 1.807) is 6.92 Å². The standard InChI is InChI=1S/C16H15N3O7S.Na/c1-7-6-27-15-10(14(21)18(15)11(7)16(22)23)17-13(20)8-4-3-5-9(26-2)12(8)19(24)25;/h3-5,10,15H,6H2,1-2H3,(H,17,20)(H,22,23);/q;+1/p-1/t10-,15-;/m1./s1. The molecular formula is C16H14N3NaO7S. The predicted molar refractivity (Wildman–Crippen MR) is 91.7 cm³/mol. The van der Waals surface area contributed by atoms with Gasteiger partial charge in [0, 0.05) is 5.75 Å². The van der Waals surface area contributed by atoms with Gasteiger partial charge in [0.05, 0.1) is 23.7 Å². The maximum Gasteiger partial charge on any atom is 1.00 e. The molecule has 1 N–H and O–H groups in total. The molecule has 1 saturated heterocycles. The Morgan fingerprint density at radius 1 is 1.39 bits per heavy atom. The molecule has 1 aromatic rings. The summed E-state index contributed by atoms with van der Waals surface area (Å²) < 4.78 is 4.92. The van der Waals surface area contributed by atoms with Gasteiger partial charge >= 0.3 is 35.2 Å². The van der Waals surface area contributed by atoms with E-state index in [9.17, 15) is 29.6 Å². The van der Waals surface area contributed by atoms with Crippen LogP contribution < -0.4 is 44.7 Å². The molecule has 3 rings (SSSR count). The quantitative estimate of drug-likeness (QED) is 0.228. The number of rotatable bonds is 5. The Balaban J connectivity index is 0.00000280. The molecule has 0 unspecified atom stereocenters. The summed E-state index contributed by atoms with van der Waals surface area (Å²) in [4.78, 5) is 47.9. The van der Waals surface area contributed by atoms with Crippen LogP contribution in [0.15, 0.2) is 29.5 Å². The van der Waals surface area contributed by atoms with E-state index in [1.165, 1.54) is 37.1 Å². The molecule has 0 aliphatic carbocycles. The van der Waals surface area contributed by atoms with Gasteiger partial charge in [-0.1, -0.05) is 6.07 Å². The number of hydrogen-bond donors (Lipinski definition) is 1. The summed E-state index contributed by atoms with van der Waals surface area (Å²) in [6.45, 7) is 1.59.